The summed E-state index contributed by atoms with van der Waals surface area (Å²) in [6, 6.07) is 0. The van der Waals surface area contributed by atoms with Crippen molar-refractivity contribution >= 4 is 31.7 Å². The number of rotatable bonds is 7. The number of ether oxygens (including phenoxy) is 4. The summed E-state index contributed by atoms with van der Waals surface area (Å²) in [6.07, 6.45) is 4.02. The summed E-state index contributed by atoms with van der Waals surface area (Å²) in [5.41, 5.74) is -0.597. The molecule has 0 saturated carbocycles. The molecule has 1 saturated heterocycles. The summed E-state index contributed by atoms with van der Waals surface area (Å²) in [7, 11) is -2.10. The van der Waals surface area contributed by atoms with Gasteiger partial charge in [0.15, 0.2) is 20.2 Å². The molecule has 9 nitrogen and oxygen atoms in total. The van der Waals surface area contributed by atoms with Crippen molar-refractivity contribution in [3.63, 3.8) is 0 Å². The fraction of sp³-hybridized carbons (Fsp3) is 0.739. The van der Waals surface area contributed by atoms with E-state index >= 15 is 0 Å². The van der Waals surface area contributed by atoms with E-state index in [0.717, 1.165) is 0 Å². The van der Waals surface area contributed by atoms with Gasteiger partial charge in [-0.05, 0) is 71.0 Å². The monoisotopic (exact) mass is 513 g/mol. The largest absolute Gasteiger partial charge is 0.461 e. The SMILES string of the molecule is CC(C)(C)OC(=O)/C=C\[C@@H]1OC(C)(C)O[C@@H]1[C@@H](CO[Si](C)(C)C(C)(C)C)OC(=S)n1cncn1. The molecule has 1 aliphatic rings. The van der Waals surface area contributed by atoms with E-state index in [1.165, 1.54) is 23.4 Å². The number of hydrogen-bond donors (Lipinski definition) is 0. The molecule has 1 aromatic rings. The van der Waals surface area contributed by atoms with Gasteiger partial charge in [0.2, 0.25) is 0 Å². The summed E-state index contributed by atoms with van der Waals surface area (Å²) in [6.45, 7) is 20.1. The Morgan fingerprint density at radius 2 is 1.88 bits per heavy atom. The molecule has 1 fully saturated rings. The van der Waals surface area contributed by atoms with Crippen LogP contribution in [0.5, 0.6) is 0 Å². The second-order valence-electron chi connectivity index (χ2n) is 11.3. The quantitative estimate of drug-likeness (QED) is 0.230. The van der Waals surface area contributed by atoms with E-state index in [1.807, 2.05) is 34.6 Å². The van der Waals surface area contributed by atoms with Gasteiger partial charge in [0.1, 0.15) is 30.5 Å². The molecule has 1 aromatic heterocycles. The van der Waals surface area contributed by atoms with E-state index in [2.05, 4.69) is 43.9 Å². The molecule has 34 heavy (non-hydrogen) atoms. The van der Waals surface area contributed by atoms with Gasteiger partial charge in [-0.3, -0.25) is 0 Å². The van der Waals surface area contributed by atoms with Gasteiger partial charge < -0.3 is 23.4 Å². The van der Waals surface area contributed by atoms with Crippen molar-refractivity contribution in [3.05, 3.63) is 24.8 Å². The Bertz CT molecular complexity index is 874. The average molecular weight is 514 g/mol. The smallest absolute Gasteiger partial charge is 0.331 e. The Balaban J connectivity index is 2.28. The third kappa shape index (κ3) is 8.23. The van der Waals surface area contributed by atoms with Crippen LogP contribution in [0.3, 0.4) is 0 Å². The van der Waals surface area contributed by atoms with E-state index in [0.29, 0.717) is 0 Å². The molecule has 2 rings (SSSR count). The number of carbonyl (C=O) groups excluding carboxylic acids is 1. The first-order valence-electron chi connectivity index (χ1n) is 11.4. The number of carbonyl (C=O) groups is 1. The lowest BCUT2D eigenvalue weighted by atomic mass is 10.1. The molecule has 0 aromatic carbocycles. The summed E-state index contributed by atoms with van der Waals surface area (Å²) < 4.78 is 31.6. The van der Waals surface area contributed by atoms with Crippen LogP contribution in [-0.4, -0.2) is 70.5 Å². The zero-order valence-corrected chi connectivity index (χ0v) is 23.8. The van der Waals surface area contributed by atoms with Gasteiger partial charge in [-0.15, -0.1) is 0 Å². The summed E-state index contributed by atoms with van der Waals surface area (Å²) in [5, 5.41) is 4.17. The van der Waals surface area contributed by atoms with Crippen LogP contribution >= 0.6 is 12.2 Å². The summed E-state index contributed by atoms with van der Waals surface area (Å²) in [5.74, 6) is -1.37. The van der Waals surface area contributed by atoms with Gasteiger partial charge in [0, 0.05) is 6.08 Å². The first-order chi connectivity index (χ1) is 15.4. The van der Waals surface area contributed by atoms with E-state index in [-0.39, 0.29) is 16.8 Å². The fourth-order valence-electron chi connectivity index (χ4n) is 2.95. The van der Waals surface area contributed by atoms with E-state index < -0.39 is 44.0 Å². The number of nitrogens with zero attached hydrogens (tertiary/aromatic N) is 3. The molecular weight excluding hydrogens is 474 g/mol. The average Bonchev–Trinajstić information content (AvgIpc) is 3.28. The second kappa shape index (κ2) is 10.5. The first-order valence-corrected chi connectivity index (χ1v) is 14.7. The Morgan fingerprint density at radius 1 is 1.24 bits per heavy atom. The minimum absolute atomic E-state index is 0.00623. The summed E-state index contributed by atoms with van der Waals surface area (Å²) >= 11 is 5.43. The van der Waals surface area contributed by atoms with E-state index in [4.69, 9.17) is 35.6 Å². The normalized spacial score (nSPS) is 22.1. The lowest BCUT2D eigenvalue weighted by molar-refractivity contribution is -0.154. The Morgan fingerprint density at radius 3 is 2.41 bits per heavy atom. The Hall–Kier alpha value is -1.66. The van der Waals surface area contributed by atoms with Crippen LogP contribution in [0.4, 0.5) is 0 Å². The number of aromatic nitrogens is 3. The van der Waals surface area contributed by atoms with E-state index in [9.17, 15) is 4.79 Å². The van der Waals surface area contributed by atoms with Crippen molar-refractivity contribution in [1.82, 2.24) is 14.8 Å². The third-order valence-corrected chi connectivity index (χ3v) is 10.4. The van der Waals surface area contributed by atoms with Gasteiger partial charge in [0.25, 0.3) is 5.17 Å². The molecular formula is C23H39N3O6SSi. The van der Waals surface area contributed by atoms with Crippen LogP contribution in [0.2, 0.25) is 18.1 Å². The van der Waals surface area contributed by atoms with Gasteiger partial charge in [0.05, 0.1) is 6.61 Å². The zero-order valence-electron chi connectivity index (χ0n) is 21.9. The number of thiocarbonyl (C=S) groups is 1. The van der Waals surface area contributed by atoms with Crippen molar-refractivity contribution in [2.24, 2.45) is 0 Å². The van der Waals surface area contributed by atoms with Crippen LogP contribution in [0.25, 0.3) is 0 Å². The molecule has 0 bridgehead atoms. The van der Waals surface area contributed by atoms with Crippen LogP contribution in [0, 0.1) is 0 Å². The van der Waals surface area contributed by atoms with Crippen molar-refractivity contribution in [2.45, 2.75) is 103 Å². The fourth-order valence-corrected chi connectivity index (χ4v) is 4.18. The highest BCUT2D eigenvalue weighted by Crippen LogP contribution is 2.38. The molecule has 2 heterocycles. The maximum absolute atomic E-state index is 12.3. The predicted molar refractivity (Wildman–Crippen MR) is 135 cm³/mol. The van der Waals surface area contributed by atoms with Gasteiger partial charge in [-0.25, -0.2) is 9.78 Å². The van der Waals surface area contributed by atoms with Gasteiger partial charge >= 0.3 is 5.97 Å². The molecule has 1 aliphatic heterocycles. The highest BCUT2D eigenvalue weighted by molar-refractivity contribution is 7.80. The van der Waals surface area contributed by atoms with Crippen molar-refractivity contribution in [2.75, 3.05) is 6.61 Å². The van der Waals surface area contributed by atoms with Crippen LogP contribution in [0.1, 0.15) is 55.4 Å². The minimum Gasteiger partial charge on any atom is -0.461 e. The van der Waals surface area contributed by atoms with Crippen LogP contribution in [-0.2, 0) is 28.2 Å². The van der Waals surface area contributed by atoms with Crippen LogP contribution < -0.4 is 0 Å². The first kappa shape index (κ1) is 28.6. The topological polar surface area (TPSA) is 93.9 Å². The molecule has 11 heteroatoms. The molecule has 0 unspecified atom stereocenters. The standard InChI is InChI=1S/C23H39N3O6SSi/c1-21(2,3)31-18(27)12-11-16-19(32-23(7,8)30-16)17(13-28-34(9,10)22(4,5)6)29-20(33)26-15-24-14-25-26/h11-12,14-17,19H,13H2,1-10H3/b12-11-/t16-,17+,19-/m0/s1. The lowest BCUT2D eigenvalue weighted by Gasteiger charge is -2.38. The zero-order chi connectivity index (χ0) is 25.9. The minimum atomic E-state index is -2.10. The Kier molecular flexibility index (Phi) is 8.85. The molecule has 0 amide bonds. The Labute approximate surface area is 209 Å². The highest BCUT2D eigenvalue weighted by atomic mass is 32.1. The maximum atomic E-state index is 12.3. The lowest BCUT2D eigenvalue weighted by Crippen LogP contribution is -2.47. The highest BCUT2D eigenvalue weighted by Gasteiger charge is 2.47. The van der Waals surface area contributed by atoms with Crippen molar-refractivity contribution in [1.29, 1.82) is 0 Å². The third-order valence-electron chi connectivity index (χ3n) is 5.63. The summed E-state index contributed by atoms with van der Waals surface area (Å²) in [4.78, 5) is 16.2. The molecule has 0 spiro atoms. The molecule has 0 aliphatic carbocycles. The molecule has 192 valence electrons. The number of esters is 1. The number of hydrogen-bond acceptors (Lipinski definition) is 9. The maximum Gasteiger partial charge on any atom is 0.331 e. The van der Waals surface area contributed by atoms with Crippen molar-refractivity contribution in [3.8, 4) is 0 Å². The van der Waals surface area contributed by atoms with Crippen molar-refractivity contribution < 1.29 is 28.2 Å². The van der Waals surface area contributed by atoms with Crippen LogP contribution in [0.15, 0.2) is 24.8 Å². The molecule has 0 N–H and O–H groups in total. The molecule has 3 atom stereocenters. The second-order valence-corrected chi connectivity index (χ2v) is 16.4. The van der Waals surface area contributed by atoms with Gasteiger partial charge in [-0.1, -0.05) is 20.8 Å². The van der Waals surface area contributed by atoms with E-state index in [1.54, 1.807) is 6.08 Å². The molecule has 0 radical (unpaired) electrons. The van der Waals surface area contributed by atoms with Gasteiger partial charge in [-0.2, -0.15) is 9.78 Å². The predicted octanol–water partition coefficient (Wildman–Crippen LogP) is 4.24.